The summed E-state index contributed by atoms with van der Waals surface area (Å²) in [5, 5.41) is 24.2. The monoisotopic (exact) mass is 356 g/mol. The molecule has 25 heavy (non-hydrogen) atoms. The molecule has 0 rings (SSSR count). The minimum atomic E-state index is -0.840. The summed E-state index contributed by atoms with van der Waals surface area (Å²) in [4.78, 5) is 10.9. The maximum Gasteiger partial charge on any atom is 0.331 e. The SMILES string of the molecule is CCCCCCCCCCC=C(CCCO)C(=O)O.N=CCCCN. The second kappa shape index (κ2) is 22.8. The Labute approximate surface area is 154 Å². The lowest BCUT2D eigenvalue weighted by Gasteiger charge is -2.02. The highest BCUT2D eigenvalue weighted by Gasteiger charge is 2.05. The number of allylic oxidation sites excluding steroid dienone is 1. The number of nitrogens with one attached hydrogen (secondary N) is 1. The van der Waals surface area contributed by atoms with Crippen molar-refractivity contribution in [2.24, 2.45) is 5.73 Å². The molecule has 0 spiro atoms. The molecule has 5 nitrogen and oxygen atoms in total. The number of nitrogens with two attached hydrogens (primary N) is 1. The lowest BCUT2D eigenvalue weighted by molar-refractivity contribution is -0.132. The number of aliphatic carboxylic acids is 1. The Kier molecular flexibility index (Phi) is 23.7. The first-order chi connectivity index (χ1) is 12.1. The largest absolute Gasteiger partial charge is 0.478 e. The van der Waals surface area contributed by atoms with Crippen LogP contribution in [0.2, 0.25) is 0 Å². The van der Waals surface area contributed by atoms with Gasteiger partial charge in [0.1, 0.15) is 0 Å². The topological polar surface area (TPSA) is 107 Å². The van der Waals surface area contributed by atoms with Crippen molar-refractivity contribution in [1.29, 1.82) is 5.41 Å². The molecule has 0 aromatic carbocycles. The molecule has 0 unspecified atom stereocenters. The van der Waals surface area contributed by atoms with Gasteiger partial charge in [-0.2, -0.15) is 0 Å². The van der Waals surface area contributed by atoms with Crippen molar-refractivity contribution in [3.8, 4) is 0 Å². The van der Waals surface area contributed by atoms with Gasteiger partial charge < -0.3 is 21.4 Å². The quantitative estimate of drug-likeness (QED) is 0.183. The van der Waals surface area contributed by atoms with Crippen molar-refractivity contribution in [3.05, 3.63) is 11.6 Å². The zero-order valence-corrected chi connectivity index (χ0v) is 16.1. The minimum absolute atomic E-state index is 0.0579. The fourth-order valence-corrected chi connectivity index (χ4v) is 2.34. The molecular formula is C20H40N2O3. The molecule has 0 aliphatic heterocycles. The fraction of sp³-hybridized carbons (Fsp3) is 0.800. The van der Waals surface area contributed by atoms with Crippen LogP contribution in [0.1, 0.15) is 90.4 Å². The van der Waals surface area contributed by atoms with E-state index in [0.29, 0.717) is 25.0 Å². The van der Waals surface area contributed by atoms with Gasteiger partial charge >= 0.3 is 5.97 Å². The molecule has 0 fully saturated rings. The predicted molar refractivity (Wildman–Crippen MR) is 106 cm³/mol. The summed E-state index contributed by atoms with van der Waals surface area (Å²) in [6.07, 6.45) is 17.0. The van der Waals surface area contributed by atoms with Gasteiger partial charge in [-0.1, -0.05) is 57.9 Å². The van der Waals surface area contributed by atoms with E-state index in [1.54, 1.807) is 0 Å². The maximum absolute atomic E-state index is 10.9. The Morgan fingerprint density at radius 2 is 1.56 bits per heavy atom. The Morgan fingerprint density at radius 3 is 2.00 bits per heavy atom. The lowest BCUT2D eigenvalue weighted by Crippen LogP contribution is -2.01. The number of aliphatic hydroxyl groups excluding tert-OH is 1. The van der Waals surface area contributed by atoms with Crippen LogP contribution in [0, 0.1) is 5.41 Å². The number of hydrogen-bond acceptors (Lipinski definition) is 4. The van der Waals surface area contributed by atoms with Crippen LogP contribution in [0.4, 0.5) is 0 Å². The number of aliphatic hydroxyl groups is 1. The summed E-state index contributed by atoms with van der Waals surface area (Å²) in [6.45, 7) is 2.99. The molecule has 0 heterocycles. The molecule has 0 amide bonds. The minimum Gasteiger partial charge on any atom is -0.478 e. The molecule has 0 aliphatic carbocycles. The molecule has 0 bridgehead atoms. The van der Waals surface area contributed by atoms with Gasteiger partial charge in [-0.05, 0) is 51.3 Å². The molecule has 0 saturated heterocycles. The van der Waals surface area contributed by atoms with Crippen molar-refractivity contribution in [1.82, 2.24) is 0 Å². The summed E-state index contributed by atoms with van der Waals surface area (Å²) in [5.74, 6) is -0.840. The average molecular weight is 357 g/mol. The van der Waals surface area contributed by atoms with Crippen LogP contribution in [0.5, 0.6) is 0 Å². The summed E-state index contributed by atoms with van der Waals surface area (Å²) in [5.41, 5.74) is 5.57. The van der Waals surface area contributed by atoms with Crippen LogP contribution in [0.25, 0.3) is 0 Å². The van der Waals surface area contributed by atoms with Crippen molar-refractivity contribution >= 4 is 12.2 Å². The first kappa shape index (κ1) is 26.0. The van der Waals surface area contributed by atoms with Crippen LogP contribution >= 0.6 is 0 Å². The normalized spacial score (nSPS) is 10.9. The molecule has 0 aromatic heterocycles. The third kappa shape index (κ3) is 22.8. The average Bonchev–Trinajstić information content (AvgIpc) is 2.61. The number of carboxylic acids is 1. The fourth-order valence-electron chi connectivity index (χ4n) is 2.34. The van der Waals surface area contributed by atoms with Crippen molar-refractivity contribution in [3.63, 3.8) is 0 Å². The Morgan fingerprint density at radius 1 is 0.960 bits per heavy atom. The van der Waals surface area contributed by atoms with Gasteiger partial charge in [0.2, 0.25) is 0 Å². The molecule has 5 heteroatoms. The van der Waals surface area contributed by atoms with Gasteiger partial charge in [-0.15, -0.1) is 0 Å². The number of carboxylic acid groups (broad SMARTS) is 1. The first-order valence-corrected chi connectivity index (χ1v) is 9.86. The summed E-state index contributed by atoms with van der Waals surface area (Å²) in [6, 6.07) is 0. The van der Waals surface area contributed by atoms with E-state index in [2.05, 4.69) is 6.92 Å². The smallest absolute Gasteiger partial charge is 0.331 e. The van der Waals surface area contributed by atoms with Crippen LogP contribution < -0.4 is 5.73 Å². The van der Waals surface area contributed by atoms with Gasteiger partial charge in [0.15, 0.2) is 0 Å². The van der Waals surface area contributed by atoms with E-state index in [1.807, 2.05) is 6.08 Å². The molecule has 0 aliphatic rings. The Hall–Kier alpha value is -1.20. The van der Waals surface area contributed by atoms with Crippen LogP contribution in [-0.2, 0) is 4.79 Å². The maximum atomic E-state index is 10.9. The van der Waals surface area contributed by atoms with Gasteiger partial charge in [0.05, 0.1) is 0 Å². The number of unbranched alkanes of at least 4 members (excludes halogenated alkanes) is 9. The highest BCUT2D eigenvalue weighted by molar-refractivity contribution is 5.86. The Bertz CT molecular complexity index is 331. The van der Waals surface area contributed by atoms with Crippen molar-refractivity contribution in [2.75, 3.05) is 13.2 Å². The van der Waals surface area contributed by atoms with Gasteiger partial charge in [-0.3, -0.25) is 0 Å². The zero-order chi connectivity index (χ0) is 19.2. The zero-order valence-electron chi connectivity index (χ0n) is 16.1. The highest BCUT2D eigenvalue weighted by Crippen LogP contribution is 2.12. The van der Waals surface area contributed by atoms with Crippen molar-refractivity contribution < 1.29 is 15.0 Å². The molecule has 5 N–H and O–H groups in total. The summed E-state index contributed by atoms with van der Waals surface area (Å²) < 4.78 is 0. The second-order valence-corrected chi connectivity index (χ2v) is 6.26. The van der Waals surface area contributed by atoms with E-state index in [1.165, 1.54) is 51.2 Å². The van der Waals surface area contributed by atoms with Gasteiger partial charge in [0, 0.05) is 12.2 Å². The summed E-state index contributed by atoms with van der Waals surface area (Å²) >= 11 is 0. The van der Waals surface area contributed by atoms with E-state index in [0.717, 1.165) is 25.7 Å². The summed E-state index contributed by atoms with van der Waals surface area (Å²) in [7, 11) is 0. The van der Waals surface area contributed by atoms with Gasteiger partial charge in [-0.25, -0.2) is 4.79 Å². The molecule has 148 valence electrons. The van der Waals surface area contributed by atoms with Gasteiger partial charge in [0.25, 0.3) is 0 Å². The second-order valence-electron chi connectivity index (χ2n) is 6.26. The van der Waals surface area contributed by atoms with Crippen molar-refractivity contribution in [2.45, 2.75) is 90.4 Å². The van der Waals surface area contributed by atoms with E-state index in [4.69, 9.17) is 21.4 Å². The number of carbonyl (C=O) groups is 1. The first-order valence-electron chi connectivity index (χ1n) is 9.86. The lowest BCUT2D eigenvalue weighted by atomic mass is 10.0. The molecule has 0 aromatic rings. The number of hydrogen-bond donors (Lipinski definition) is 4. The standard InChI is InChI=1S/C16H30O3.C4H10N2/c1-2-3-4-5-6-7-8-9-10-12-15(16(18)19)13-11-14-17;5-3-1-2-4-6/h12,17H,2-11,13-14H2,1H3,(H,18,19);3,5H,1-2,4,6H2. The number of rotatable bonds is 16. The van der Waals surface area contributed by atoms with E-state index in [-0.39, 0.29) is 6.61 Å². The van der Waals surface area contributed by atoms with E-state index < -0.39 is 5.97 Å². The highest BCUT2D eigenvalue weighted by atomic mass is 16.4. The van der Waals surface area contributed by atoms with Crippen LogP contribution in [-0.4, -0.2) is 35.5 Å². The van der Waals surface area contributed by atoms with Crippen LogP contribution in [0.15, 0.2) is 11.6 Å². The van der Waals surface area contributed by atoms with E-state index >= 15 is 0 Å². The third-order valence-corrected chi connectivity index (χ3v) is 3.88. The molecular weight excluding hydrogens is 316 g/mol. The van der Waals surface area contributed by atoms with Crippen LogP contribution in [0.3, 0.4) is 0 Å². The predicted octanol–water partition coefficient (Wildman–Crippen LogP) is 4.68. The molecule has 0 atom stereocenters. The van der Waals surface area contributed by atoms with E-state index in [9.17, 15) is 4.79 Å². The molecule has 0 saturated carbocycles. The Balaban J connectivity index is 0. The molecule has 0 radical (unpaired) electrons. The third-order valence-electron chi connectivity index (χ3n) is 3.88.